The minimum Gasteiger partial charge on any atom is -0.480 e. The summed E-state index contributed by atoms with van der Waals surface area (Å²) in [6.45, 7) is 8.20. The van der Waals surface area contributed by atoms with E-state index in [1.807, 2.05) is 18.4 Å². The molecule has 2 atom stereocenters. The van der Waals surface area contributed by atoms with Crippen LogP contribution in [0.25, 0.3) is 0 Å². The molecular weight excluding hydrogens is 354 g/mol. The Morgan fingerprint density at radius 2 is 1.84 bits per heavy atom. The third-order valence-electron chi connectivity index (χ3n) is 6.04. The molecule has 1 saturated heterocycles. The Hall–Kier alpha value is -0.790. The number of carbonyl (C=O) groups is 1. The van der Waals surface area contributed by atoms with Gasteiger partial charge in [-0.1, -0.05) is 25.3 Å². The Labute approximate surface area is 160 Å². The molecule has 3 aliphatic rings. The first-order valence-corrected chi connectivity index (χ1v) is 10.6. The van der Waals surface area contributed by atoms with Crippen LogP contribution in [0.2, 0.25) is 0 Å². The molecule has 2 heterocycles. The highest BCUT2D eigenvalue weighted by Crippen LogP contribution is 2.35. The molecule has 0 spiro atoms. The zero-order chi connectivity index (χ0) is 18.1. The first-order chi connectivity index (χ1) is 11.8. The van der Waals surface area contributed by atoms with Gasteiger partial charge in [-0.2, -0.15) is 0 Å². The third kappa shape index (κ3) is 3.98. The number of aliphatic carboxylic acids is 1. The molecule has 3 rings (SSSR count). The molecule has 25 heavy (non-hydrogen) atoms. The molecule has 1 aliphatic carbocycles. The van der Waals surface area contributed by atoms with Crippen molar-refractivity contribution >= 4 is 35.1 Å². The van der Waals surface area contributed by atoms with E-state index >= 15 is 0 Å². The van der Waals surface area contributed by atoms with Crippen LogP contribution in [0, 0.1) is 0 Å². The predicted octanol–water partition coefficient (Wildman–Crippen LogP) is 2.67. The van der Waals surface area contributed by atoms with Crippen molar-refractivity contribution in [2.45, 2.75) is 62.3 Å². The number of carboxylic acid groups (broad SMARTS) is 1. The van der Waals surface area contributed by atoms with Crippen LogP contribution < -0.4 is 5.32 Å². The van der Waals surface area contributed by atoms with Crippen LogP contribution in [0.5, 0.6) is 0 Å². The van der Waals surface area contributed by atoms with Crippen LogP contribution in [-0.4, -0.2) is 68.5 Å². The molecule has 7 heteroatoms. The monoisotopic (exact) mass is 383 g/mol. The molecule has 0 amide bonds. The Balaban J connectivity index is 1.55. The van der Waals surface area contributed by atoms with E-state index in [9.17, 15) is 9.90 Å². The number of hydrogen-bond donors (Lipinski definition) is 2. The van der Waals surface area contributed by atoms with Crippen molar-refractivity contribution in [1.29, 1.82) is 0 Å². The number of piperazine rings is 1. The smallest absolute Gasteiger partial charge is 0.319 e. The highest BCUT2D eigenvalue weighted by atomic mass is 32.2. The lowest BCUT2D eigenvalue weighted by Crippen LogP contribution is -2.61. The van der Waals surface area contributed by atoms with Gasteiger partial charge in [-0.3, -0.25) is 9.69 Å². The fourth-order valence-electron chi connectivity index (χ4n) is 4.30. The van der Waals surface area contributed by atoms with E-state index in [1.54, 1.807) is 0 Å². The maximum Gasteiger partial charge on any atom is 0.319 e. The second kappa shape index (κ2) is 7.45. The van der Waals surface area contributed by atoms with Crippen molar-refractivity contribution in [3.8, 4) is 0 Å². The largest absolute Gasteiger partial charge is 0.480 e. The minimum atomic E-state index is -0.803. The van der Waals surface area contributed by atoms with E-state index < -0.39 is 16.8 Å². The average Bonchev–Trinajstić information content (AvgIpc) is 2.97. The van der Waals surface area contributed by atoms with Crippen molar-refractivity contribution in [3.63, 3.8) is 0 Å². The number of carboxylic acids is 1. The van der Waals surface area contributed by atoms with Crippen LogP contribution in [0.3, 0.4) is 0 Å². The van der Waals surface area contributed by atoms with Crippen LogP contribution in [0.1, 0.15) is 46.0 Å². The van der Waals surface area contributed by atoms with Crippen molar-refractivity contribution in [1.82, 2.24) is 15.1 Å². The molecule has 2 N–H and O–H groups in total. The van der Waals surface area contributed by atoms with E-state index in [4.69, 9.17) is 12.2 Å². The molecule has 0 aromatic carbocycles. The number of nitrogens with one attached hydrogen (secondary N) is 1. The van der Waals surface area contributed by atoms with Crippen LogP contribution in [-0.2, 0) is 4.79 Å². The second-order valence-electron chi connectivity index (χ2n) is 7.90. The molecule has 2 fully saturated rings. The summed E-state index contributed by atoms with van der Waals surface area (Å²) in [5.74, 6) is -0.803. The fraction of sp³-hybridized carbons (Fsp3) is 0.778. The van der Waals surface area contributed by atoms with Crippen LogP contribution >= 0.6 is 24.0 Å². The SMILES string of the molecule is CC1(NC(=S)N2CCN(C3(C)CCCCC3)CC2)C=CSC1C(=O)O. The molecule has 0 aromatic heterocycles. The van der Waals surface area contributed by atoms with Crippen LogP contribution in [0.4, 0.5) is 0 Å². The Kier molecular flexibility index (Phi) is 5.66. The Morgan fingerprint density at radius 1 is 1.20 bits per heavy atom. The molecule has 0 radical (unpaired) electrons. The normalized spacial score (nSPS) is 32.6. The first kappa shape index (κ1) is 19.0. The van der Waals surface area contributed by atoms with Crippen molar-refractivity contribution < 1.29 is 9.90 Å². The van der Waals surface area contributed by atoms with E-state index in [-0.39, 0.29) is 0 Å². The van der Waals surface area contributed by atoms with E-state index in [2.05, 4.69) is 22.0 Å². The van der Waals surface area contributed by atoms with Gasteiger partial charge in [-0.05, 0) is 44.3 Å². The number of nitrogens with zero attached hydrogens (tertiary/aromatic N) is 2. The van der Waals surface area contributed by atoms with Crippen molar-refractivity contribution in [2.24, 2.45) is 0 Å². The van der Waals surface area contributed by atoms with E-state index in [0.29, 0.717) is 10.7 Å². The standard InChI is InChI=1S/C18H29N3O2S2/c1-17(6-4-3-5-7-17)21-11-9-20(10-12-21)16(24)19-18(2)8-13-25-14(18)15(22)23/h8,13-14H,3-7,9-12H2,1-2H3,(H,19,24)(H,22,23). The van der Waals surface area contributed by atoms with Crippen LogP contribution in [0.15, 0.2) is 11.5 Å². The van der Waals surface area contributed by atoms with Gasteiger partial charge in [0.15, 0.2) is 5.11 Å². The van der Waals surface area contributed by atoms with Gasteiger partial charge in [-0.15, -0.1) is 11.8 Å². The van der Waals surface area contributed by atoms with E-state index in [0.717, 1.165) is 26.2 Å². The topological polar surface area (TPSA) is 55.8 Å². The molecule has 140 valence electrons. The Bertz CT molecular complexity index is 555. The molecular formula is C18H29N3O2S2. The van der Waals surface area contributed by atoms with E-state index in [1.165, 1.54) is 43.9 Å². The van der Waals surface area contributed by atoms with Gasteiger partial charge in [0.05, 0.1) is 5.54 Å². The van der Waals surface area contributed by atoms with Gasteiger partial charge in [0.2, 0.25) is 0 Å². The maximum absolute atomic E-state index is 11.5. The summed E-state index contributed by atoms with van der Waals surface area (Å²) in [7, 11) is 0. The van der Waals surface area contributed by atoms with Gasteiger partial charge >= 0.3 is 5.97 Å². The lowest BCUT2D eigenvalue weighted by atomic mass is 9.81. The lowest BCUT2D eigenvalue weighted by molar-refractivity contribution is -0.137. The first-order valence-electron chi connectivity index (χ1n) is 9.22. The molecule has 1 saturated carbocycles. The highest BCUT2D eigenvalue weighted by molar-refractivity contribution is 8.03. The Morgan fingerprint density at radius 3 is 2.44 bits per heavy atom. The number of hydrogen-bond acceptors (Lipinski definition) is 4. The summed E-state index contributed by atoms with van der Waals surface area (Å²) in [6, 6.07) is 0. The summed E-state index contributed by atoms with van der Waals surface area (Å²) < 4.78 is 0. The summed E-state index contributed by atoms with van der Waals surface area (Å²) in [6.07, 6.45) is 8.58. The molecule has 0 aromatic rings. The van der Waals surface area contributed by atoms with Crippen molar-refractivity contribution in [3.05, 3.63) is 11.5 Å². The zero-order valence-electron chi connectivity index (χ0n) is 15.2. The zero-order valence-corrected chi connectivity index (χ0v) is 16.8. The highest BCUT2D eigenvalue weighted by Gasteiger charge is 2.42. The number of rotatable bonds is 3. The number of thiocarbonyl (C=S) groups is 1. The van der Waals surface area contributed by atoms with Gasteiger partial charge in [-0.25, -0.2) is 0 Å². The maximum atomic E-state index is 11.5. The average molecular weight is 384 g/mol. The minimum absolute atomic E-state index is 0.352. The predicted molar refractivity (Wildman–Crippen MR) is 107 cm³/mol. The number of thioether (sulfide) groups is 1. The summed E-state index contributed by atoms with van der Waals surface area (Å²) in [4.78, 5) is 16.3. The quantitative estimate of drug-likeness (QED) is 0.727. The van der Waals surface area contributed by atoms with Gasteiger partial charge in [0.25, 0.3) is 0 Å². The summed E-state index contributed by atoms with van der Waals surface area (Å²) in [5.41, 5.74) is -0.273. The summed E-state index contributed by atoms with van der Waals surface area (Å²) >= 11 is 6.94. The van der Waals surface area contributed by atoms with Gasteiger partial charge in [0, 0.05) is 31.7 Å². The molecule has 2 aliphatic heterocycles. The van der Waals surface area contributed by atoms with Gasteiger partial charge in [0.1, 0.15) is 5.25 Å². The summed E-state index contributed by atoms with van der Waals surface area (Å²) in [5, 5.41) is 14.7. The third-order valence-corrected chi connectivity index (χ3v) is 7.65. The second-order valence-corrected chi connectivity index (χ2v) is 9.30. The molecule has 0 bridgehead atoms. The van der Waals surface area contributed by atoms with Gasteiger partial charge < -0.3 is 15.3 Å². The fourth-order valence-corrected chi connectivity index (χ4v) is 5.76. The lowest BCUT2D eigenvalue weighted by Gasteiger charge is -2.48. The molecule has 2 unspecified atom stereocenters. The molecule has 5 nitrogen and oxygen atoms in total. The van der Waals surface area contributed by atoms with Crippen molar-refractivity contribution in [2.75, 3.05) is 26.2 Å².